The van der Waals surface area contributed by atoms with Gasteiger partial charge in [0.2, 0.25) is 6.43 Å². The van der Waals surface area contributed by atoms with E-state index < -0.39 is 12.3 Å². The molecule has 1 fully saturated rings. The largest absolute Gasteiger partial charge is 0.355 e. The van der Waals surface area contributed by atoms with Gasteiger partial charge in [-0.2, -0.15) is 0 Å². The van der Waals surface area contributed by atoms with Crippen molar-refractivity contribution in [1.82, 2.24) is 4.98 Å². The lowest BCUT2D eigenvalue weighted by atomic mass is 10.0. The summed E-state index contributed by atoms with van der Waals surface area (Å²) in [7, 11) is 0. The van der Waals surface area contributed by atoms with Crippen LogP contribution in [0.1, 0.15) is 0 Å². The Bertz CT molecular complexity index is 536. The predicted molar refractivity (Wildman–Crippen MR) is 63.5 cm³/mol. The Morgan fingerprint density at radius 3 is 2.65 bits per heavy atom. The second-order valence-electron chi connectivity index (χ2n) is 4.36. The normalized spacial score (nSPS) is 16.5. The molecule has 2 heterocycles. The lowest BCUT2D eigenvalue weighted by Gasteiger charge is -2.39. The number of alkyl halides is 2. The van der Waals surface area contributed by atoms with Crippen molar-refractivity contribution in [3.05, 3.63) is 36.4 Å². The maximum atomic E-state index is 12.4. The highest BCUT2D eigenvalue weighted by Crippen LogP contribution is 2.28. The molecular formula is C13H12F2N2. The minimum absolute atomic E-state index is 0.406. The minimum Gasteiger partial charge on any atom is -0.355 e. The van der Waals surface area contributed by atoms with E-state index >= 15 is 0 Å². The first kappa shape index (κ1) is 10.4. The summed E-state index contributed by atoms with van der Waals surface area (Å²) in [5.74, 6) is 0.295. The fourth-order valence-corrected chi connectivity index (χ4v) is 2.09. The molecule has 1 saturated heterocycles. The van der Waals surface area contributed by atoms with Crippen LogP contribution in [-0.2, 0) is 0 Å². The molecule has 1 aliphatic heterocycles. The minimum atomic E-state index is -2.22. The van der Waals surface area contributed by atoms with E-state index in [-0.39, 0.29) is 0 Å². The Labute approximate surface area is 97.9 Å². The molecule has 2 aromatic rings. The zero-order valence-corrected chi connectivity index (χ0v) is 9.18. The van der Waals surface area contributed by atoms with Crippen LogP contribution in [0.4, 0.5) is 14.6 Å². The van der Waals surface area contributed by atoms with Gasteiger partial charge in [-0.05, 0) is 18.2 Å². The molecule has 0 saturated carbocycles. The molecule has 1 aromatic heterocycles. The third-order valence-electron chi connectivity index (χ3n) is 3.17. The number of anilines is 1. The number of pyridine rings is 1. The molecule has 0 N–H and O–H groups in total. The Kier molecular flexibility index (Phi) is 2.42. The summed E-state index contributed by atoms with van der Waals surface area (Å²) >= 11 is 0. The molecule has 0 unspecified atom stereocenters. The van der Waals surface area contributed by atoms with Crippen LogP contribution in [0.5, 0.6) is 0 Å². The second kappa shape index (κ2) is 3.95. The van der Waals surface area contributed by atoms with Gasteiger partial charge in [0, 0.05) is 18.5 Å². The van der Waals surface area contributed by atoms with E-state index in [1.165, 1.54) is 0 Å². The molecule has 1 aliphatic rings. The summed E-state index contributed by atoms with van der Waals surface area (Å²) in [6.45, 7) is 0.812. The van der Waals surface area contributed by atoms with Crippen LogP contribution >= 0.6 is 0 Å². The van der Waals surface area contributed by atoms with Gasteiger partial charge < -0.3 is 4.90 Å². The second-order valence-corrected chi connectivity index (χ2v) is 4.36. The van der Waals surface area contributed by atoms with Gasteiger partial charge in [0.05, 0.1) is 11.4 Å². The standard InChI is InChI=1S/C13H12F2N2/c14-13(15)10-7-17(8-10)12-6-5-9-3-1-2-4-11(9)16-12/h1-6,10,13H,7-8H2. The van der Waals surface area contributed by atoms with Crippen molar-refractivity contribution in [1.29, 1.82) is 0 Å². The van der Waals surface area contributed by atoms with Crippen LogP contribution in [0.25, 0.3) is 10.9 Å². The summed E-state index contributed by atoms with van der Waals surface area (Å²) in [4.78, 5) is 6.36. The van der Waals surface area contributed by atoms with Crippen molar-refractivity contribution in [3.63, 3.8) is 0 Å². The monoisotopic (exact) mass is 234 g/mol. The van der Waals surface area contributed by atoms with Crippen LogP contribution in [0.15, 0.2) is 36.4 Å². The number of benzene rings is 1. The molecule has 0 radical (unpaired) electrons. The summed E-state index contributed by atoms with van der Waals surface area (Å²) < 4.78 is 24.7. The van der Waals surface area contributed by atoms with Crippen molar-refractivity contribution in [2.45, 2.75) is 6.43 Å². The highest BCUT2D eigenvalue weighted by atomic mass is 19.3. The molecule has 17 heavy (non-hydrogen) atoms. The van der Waals surface area contributed by atoms with E-state index in [0.29, 0.717) is 13.1 Å². The Hall–Kier alpha value is -1.71. The van der Waals surface area contributed by atoms with Gasteiger partial charge in [0.15, 0.2) is 0 Å². The molecule has 4 heteroatoms. The van der Waals surface area contributed by atoms with E-state index in [0.717, 1.165) is 16.7 Å². The molecule has 0 atom stereocenters. The number of para-hydroxylation sites is 1. The highest BCUT2D eigenvalue weighted by molar-refractivity contribution is 5.80. The van der Waals surface area contributed by atoms with Gasteiger partial charge >= 0.3 is 0 Å². The fourth-order valence-electron chi connectivity index (χ4n) is 2.09. The van der Waals surface area contributed by atoms with Crippen molar-refractivity contribution in [3.8, 4) is 0 Å². The van der Waals surface area contributed by atoms with Crippen LogP contribution < -0.4 is 4.90 Å². The average molecular weight is 234 g/mol. The maximum Gasteiger partial charge on any atom is 0.244 e. The van der Waals surface area contributed by atoms with Gasteiger partial charge in [-0.25, -0.2) is 13.8 Å². The lowest BCUT2D eigenvalue weighted by molar-refractivity contribution is 0.0611. The van der Waals surface area contributed by atoms with Gasteiger partial charge in [-0.3, -0.25) is 0 Å². The summed E-state index contributed by atoms with van der Waals surface area (Å²) in [5.41, 5.74) is 0.908. The first-order valence-electron chi connectivity index (χ1n) is 5.63. The Morgan fingerprint density at radius 2 is 1.88 bits per heavy atom. The number of aromatic nitrogens is 1. The van der Waals surface area contributed by atoms with Gasteiger partial charge in [0.1, 0.15) is 5.82 Å². The Balaban J connectivity index is 1.83. The maximum absolute atomic E-state index is 12.4. The van der Waals surface area contributed by atoms with E-state index in [4.69, 9.17) is 0 Å². The third kappa shape index (κ3) is 1.84. The molecular weight excluding hydrogens is 222 g/mol. The molecule has 0 spiro atoms. The van der Waals surface area contributed by atoms with Crippen LogP contribution in [-0.4, -0.2) is 24.5 Å². The van der Waals surface area contributed by atoms with Crippen LogP contribution in [0.2, 0.25) is 0 Å². The topological polar surface area (TPSA) is 16.1 Å². The molecule has 0 bridgehead atoms. The lowest BCUT2D eigenvalue weighted by Crippen LogP contribution is -2.50. The number of nitrogens with zero attached hydrogens (tertiary/aromatic N) is 2. The zero-order chi connectivity index (χ0) is 11.8. The van der Waals surface area contributed by atoms with E-state index in [1.807, 2.05) is 41.3 Å². The number of fused-ring (bicyclic) bond motifs is 1. The van der Waals surface area contributed by atoms with E-state index in [1.54, 1.807) is 0 Å². The summed E-state index contributed by atoms with van der Waals surface area (Å²) in [5, 5.41) is 1.07. The van der Waals surface area contributed by atoms with Crippen LogP contribution in [0.3, 0.4) is 0 Å². The predicted octanol–water partition coefficient (Wildman–Crippen LogP) is 2.94. The van der Waals surface area contributed by atoms with E-state index in [2.05, 4.69) is 4.98 Å². The molecule has 0 aliphatic carbocycles. The van der Waals surface area contributed by atoms with Gasteiger partial charge in [0.25, 0.3) is 0 Å². The van der Waals surface area contributed by atoms with Crippen LogP contribution in [0, 0.1) is 5.92 Å². The zero-order valence-electron chi connectivity index (χ0n) is 9.18. The first-order chi connectivity index (χ1) is 8.24. The molecule has 2 nitrogen and oxygen atoms in total. The quantitative estimate of drug-likeness (QED) is 0.794. The molecule has 1 aromatic carbocycles. The molecule has 88 valence electrons. The van der Waals surface area contributed by atoms with Gasteiger partial charge in [-0.15, -0.1) is 0 Å². The first-order valence-corrected chi connectivity index (χ1v) is 5.63. The Morgan fingerprint density at radius 1 is 1.12 bits per heavy atom. The number of hydrogen-bond acceptors (Lipinski definition) is 2. The number of rotatable bonds is 2. The third-order valence-corrected chi connectivity index (χ3v) is 3.17. The van der Waals surface area contributed by atoms with Crippen molar-refractivity contribution in [2.24, 2.45) is 5.92 Å². The van der Waals surface area contributed by atoms with Crippen molar-refractivity contribution >= 4 is 16.7 Å². The van der Waals surface area contributed by atoms with Gasteiger partial charge in [-0.1, -0.05) is 18.2 Å². The smallest absolute Gasteiger partial charge is 0.244 e. The number of hydrogen-bond donors (Lipinski definition) is 0. The van der Waals surface area contributed by atoms with Crippen molar-refractivity contribution < 1.29 is 8.78 Å². The molecule has 3 rings (SSSR count). The number of halogens is 2. The summed E-state index contributed by atoms with van der Waals surface area (Å²) in [6, 6.07) is 11.7. The van der Waals surface area contributed by atoms with Crippen molar-refractivity contribution in [2.75, 3.05) is 18.0 Å². The summed E-state index contributed by atoms with van der Waals surface area (Å²) in [6.07, 6.45) is -2.22. The highest BCUT2D eigenvalue weighted by Gasteiger charge is 2.34. The molecule has 0 amide bonds. The van der Waals surface area contributed by atoms with E-state index in [9.17, 15) is 8.78 Å². The SMILES string of the molecule is FC(F)C1CN(c2ccc3ccccc3n2)C1. The fraction of sp³-hybridized carbons (Fsp3) is 0.308. The average Bonchev–Trinajstić information content (AvgIpc) is 2.26.